The number of halogens is 2. The molecule has 0 amide bonds. The Morgan fingerprint density at radius 3 is 2.86 bits per heavy atom. The van der Waals surface area contributed by atoms with Crippen LogP contribution >= 0.6 is 34.5 Å². The molecule has 3 rings (SSSR count). The molecule has 0 bridgehead atoms. The fourth-order valence-electron chi connectivity index (χ4n) is 2.73. The zero-order chi connectivity index (χ0) is 14.8. The number of hydrogen-bond acceptors (Lipinski definition) is 3. The molecule has 0 aliphatic carbocycles. The molecule has 0 radical (unpaired) electrons. The zero-order valence-electron chi connectivity index (χ0n) is 11.4. The summed E-state index contributed by atoms with van der Waals surface area (Å²) in [5.74, 6) is 0.418. The molecular formula is C16H16Cl2N2S. The topological polar surface area (TPSA) is 24.1 Å². The van der Waals surface area contributed by atoms with E-state index in [0.717, 1.165) is 28.7 Å². The zero-order valence-corrected chi connectivity index (χ0v) is 13.7. The molecule has 1 aromatic carbocycles. The van der Waals surface area contributed by atoms with Crippen molar-refractivity contribution < 1.29 is 0 Å². The third kappa shape index (κ3) is 3.43. The van der Waals surface area contributed by atoms with Gasteiger partial charge in [-0.3, -0.25) is 0 Å². The summed E-state index contributed by atoms with van der Waals surface area (Å²) in [5, 5.41) is 7.60. The van der Waals surface area contributed by atoms with Crippen LogP contribution in [0, 0.1) is 0 Å². The molecular weight excluding hydrogens is 323 g/mol. The van der Waals surface area contributed by atoms with Crippen LogP contribution in [0.2, 0.25) is 9.36 Å². The van der Waals surface area contributed by atoms with E-state index >= 15 is 0 Å². The van der Waals surface area contributed by atoms with E-state index in [-0.39, 0.29) is 6.04 Å². The molecule has 1 aliphatic rings. The number of thiophene rings is 1. The molecule has 0 saturated carbocycles. The van der Waals surface area contributed by atoms with Gasteiger partial charge in [0.05, 0.1) is 10.4 Å². The second-order valence-electron chi connectivity index (χ2n) is 5.13. The van der Waals surface area contributed by atoms with Gasteiger partial charge in [0.1, 0.15) is 0 Å². The van der Waals surface area contributed by atoms with Crippen molar-refractivity contribution in [3.8, 4) is 0 Å². The summed E-state index contributed by atoms with van der Waals surface area (Å²) in [4.78, 5) is 1.31. The summed E-state index contributed by atoms with van der Waals surface area (Å²) in [6.45, 7) is 5.19. The minimum absolute atomic E-state index is 0.207. The summed E-state index contributed by atoms with van der Waals surface area (Å²) < 4.78 is 0.837. The largest absolute Gasteiger partial charge is 0.358 e. The Morgan fingerprint density at radius 2 is 2.14 bits per heavy atom. The highest BCUT2D eigenvalue weighted by molar-refractivity contribution is 7.16. The van der Waals surface area contributed by atoms with Crippen LogP contribution in [0.4, 0.5) is 5.69 Å². The van der Waals surface area contributed by atoms with Crippen molar-refractivity contribution >= 4 is 40.2 Å². The van der Waals surface area contributed by atoms with Gasteiger partial charge in [-0.2, -0.15) is 0 Å². The molecule has 110 valence electrons. The molecule has 2 atom stereocenters. The normalized spacial score (nSPS) is 21.4. The van der Waals surface area contributed by atoms with E-state index in [2.05, 4.69) is 23.3 Å². The van der Waals surface area contributed by atoms with Crippen LogP contribution in [0.1, 0.15) is 17.2 Å². The van der Waals surface area contributed by atoms with E-state index in [1.165, 1.54) is 4.88 Å². The second-order valence-corrected chi connectivity index (χ2v) is 7.31. The van der Waals surface area contributed by atoms with Crippen molar-refractivity contribution in [3.63, 3.8) is 0 Å². The van der Waals surface area contributed by atoms with E-state index in [4.69, 9.17) is 23.2 Å². The molecule has 1 fully saturated rings. The Labute approximate surface area is 138 Å². The van der Waals surface area contributed by atoms with Gasteiger partial charge < -0.3 is 10.6 Å². The number of rotatable bonds is 4. The van der Waals surface area contributed by atoms with Crippen LogP contribution in [0.25, 0.3) is 0 Å². The van der Waals surface area contributed by atoms with Crippen LogP contribution in [0.15, 0.2) is 48.7 Å². The molecule has 1 aromatic heterocycles. The number of anilines is 1. The number of nitrogens with one attached hydrogen (secondary N) is 2. The summed E-state index contributed by atoms with van der Waals surface area (Å²) in [5.41, 5.74) is 1.92. The maximum Gasteiger partial charge on any atom is 0.0931 e. The van der Waals surface area contributed by atoms with Crippen molar-refractivity contribution in [2.45, 2.75) is 18.4 Å². The molecule has 21 heavy (non-hydrogen) atoms. The fourth-order valence-corrected chi connectivity index (χ4v) is 4.16. The fraction of sp³-hybridized carbons (Fsp3) is 0.250. The van der Waals surface area contributed by atoms with Crippen LogP contribution in [0.3, 0.4) is 0 Å². The van der Waals surface area contributed by atoms with E-state index in [1.54, 1.807) is 11.3 Å². The Balaban J connectivity index is 1.74. The van der Waals surface area contributed by atoms with Gasteiger partial charge in [0.25, 0.3) is 0 Å². The van der Waals surface area contributed by atoms with E-state index in [1.807, 2.05) is 30.3 Å². The summed E-state index contributed by atoms with van der Waals surface area (Å²) in [6.07, 6.45) is 1.09. The standard InChI is InChI=1S/C16H16Cl2N2S/c1-10(20-12-4-2-3-11(17)9-12)16-13(7-8-19-16)14-5-6-15(18)21-14/h2-6,9,13,16,19-20H,1,7-8H2. The first-order valence-corrected chi connectivity index (χ1v) is 8.41. The third-order valence-corrected chi connectivity index (χ3v) is 5.28. The maximum atomic E-state index is 6.06. The van der Waals surface area contributed by atoms with Crippen molar-refractivity contribution in [2.75, 3.05) is 11.9 Å². The lowest BCUT2D eigenvalue weighted by molar-refractivity contribution is 0.630. The van der Waals surface area contributed by atoms with Gasteiger partial charge in [0.15, 0.2) is 0 Å². The smallest absolute Gasteiger partial charge is 0.0931 e. The van der Waals surface area contributed by atoms with Gasteiger partial charge in [-0.25, -0.2) is 0 Å². The third-order valence-electron chi connectivity index (χ3n) is 3.69. The average molecular weight is 339 g/mol. The molecule has 2 unspecified atom stereocenters. The first-order valence-electron chi connectivity index (χ1n) is 6.83. The van der Waals surface area contributed by atoms with Crippen molar-refractivity contribution in [3.05, 3.63) is 62.9 Å². The summed E-state index contributed by atoms with van der Waals surface area (Å²) in [7, 11) is 0. The molecule has 5 heteroatoms. The van der Waals surface area contributed by atoms with Gasteiger partial charge in [-0.1, -0.05) is 35.8 Å². The van der Waals surface area contributed by atoms with Crippen LogP contribution in [-0.4, -0.2) is 12.6 Å². The monoisotopic (exact) mass is 338 g/mol. The lowest BCUT2D eigenvalue weighted by atomic mass is 9.96. The van der Waals surface area contributed by atoms with Crippen molar-refractivity contribution in [1.29, 1.82) is 0 Å². The van der Waals surface area contributed by atoms with Crippen LogP contribution in [0.5, 0.6) is 0 Å². The minimum Gasteiger partial charge on any atom is -0.358 e. The Morgan fingerprint density at radius 1 is 1.29 bits per heavy atom. The van der Waals surface area contributed by atoms with Crippen molar-refractivity contribution in [1.82, 2.24) is 5.32 Å². The molecule has 0 spiro atoms. The van der Waals surface area contributed by atoms with Gasteiger partial charge in [0.2, 0.25) is 0 Å². The Kier molecular flexibility index (Phi) is 4.55. The van der Waals surface area contributed by atoms with Gasteiger partial charge >= 0.3 is 0 Å². The van der Waals surface area contributed by atoms with E-state index < -0.39 is 0 Å². The average Bonchev–Trinajstić information content (AvgIpc) is 3.06. The molecule has 2 aromatic rings. The van der Waals surface area contributed by atoms with Gasteiger partial charge in [-0.05, 0) is 43.3 Å². The second kappa shape index (κ2) is 6.41. The predicted molar refractivity (Wildman–Crippen MR) is 92.7 cm³/mol. The highest BCUT2D eigenvalue weighted by Gasteiger charge is 2.31. The van der Waals surface area contributed by atoms with E-state index in [0.29, 0.717) is 10.9 Å². The first kappa shape index (κ1) is 14.9. The lowest BCUT2D eigenvalue weighted by Crippen LogP contribution is -2.30. The first-order chi connectivity index (χ1) is 10.1. The van der Waals surface area contributed by atoms with Crippen LogP contribution < -0.4 is 10.6 Å². The molecule has 2 heterocycles. The van der Waals surface area contributed by atoms with Crippen LogP contribution in [-0.2, 0) is 0 Å². The lowest BCUT2D eigenvalue weighted by Gasteiger charge is -2.22. The SMILES string of the molecule is C=C(Nc1cccc(Cl)c1)C1NCCC1c1ccc(Cl)s1. The molecule has 2 N–H and O–H groups in total. The Bertz CT molecular complexity index is 653. The highest BCUT2D eigenvalue weighted by atomic mass is 35.5. The van der Waals surface area contributed by atoms with E-state index in [9.17, 15) is 0 Å². The number of hydrogen-bond donors (Lipinski definition) is 2. The minimum atomic E-state index is 0.207. The summed E-state index contributed by atoms with van der Waals surface area (Å²) in [6, 6.07) is 12.0. The Hall–Kier alpha value is -1.000. The highest BCUT2D eigenvalue weighted by Crippen LogP contribution is 2.37. The van der Waals surface area contributed by atoms with Gasteiger partial charge in [0, 0.05) is 27.2 Å². The van der Waals surface area contributed by atoms with Gasteiger partial charge in [-0.15, -0.1) is 11.3 Å². The molecule has 1 aliphatic heterocycles. The molecule has 1 saturated heterocycles. The summed E-state index contributed by atoms with van der Waals surface area (Å²) >= 11 is 13.7. The molecule has 2 nitrogen and oxygen atoms in total. The van der Waals surface area contributed by atoms with Crippen molar-refractivity contribution in [2.24, 2.45) is 0 Å². The number of benzene rings is 1. The predicted octanol–water partition coefficient (Wildman–Crippen LogP) is 5.13. The quantitative estimate of drug-likeness (QED) is 0.807. The maximum absolute atomic E-state index is 6.06.